The van der Waals surface area contributed by atoms with E-state index >= 15 is 0 Å². The molecular formula is C18H25N3O2. The van der Waals surface area contributed by atoms with Crippen molar-refractivity contribution in [3.63, 3.8) is 0 Å². The molecular weight excluding hydrogens is 290 g/mol. The predicted molar refractivity (Wildman–Crippen MR) is 87.7 cm³/mol. The highest BCUT2D eigenvalue weighted by Crippen LogP contribution is 2.38. The van der Waals surface area contributed by atoms with E-state index in [4.69, 9.17) is 4.52 Å². The Kier molecular flexibility index (Phi) is 5.08. The molecule has 124 valence electrons. The van der Waals surface area contributed by atoms with Gasteiger partial charge in [0.1, 0.15) is 0 Å². The first-order valence-electron chi connectivity index (χ1n) is 8.38. The Hall–Kier alpha value is -1.72. The minimum absolute atomic E-state index is 0.0616. The molecule has 2 aromatic rings. The second kappa shape index (κ2) is 7.23. The van der Waals surface area contributed by atoms with Gasteiger partial charge >= 0.3 is 0 Å². The number of rotatable bonds is 8. The van der Waals surface area contributed by atoms with Gasteiger partial charge in [0.05, 0.1) is 13.2 Å². The average molecular weight is 315 g/mol. The largest absolute Gasteiger partial charge is 0.395 e. The fraction of sp³-hybridized carbons (Fsp3) is 0.556. The standard InChI is InChI=1S/C18H25N3O2/c1-13(2)16(12-22)21(10-14-6-4-3-5-7-14)11-17-19-18(20-23-17)15-8-9-15/h3-7,13,15-16,22H,8-12H2,1-2H3. The third kappa shape index (κ3) is 4.18. The van der Waals surface area contributed by atoms with Crippen LogP contribution in [0.4, 0.5) is 0 Å². The summed E-state index contributed by atoms with van der Waals surface area (Å²) in [4.78, 5) is 6.76. The maximum atomic E-state index is 9.82. The van der Waals surface area contributed by atoms with Crippen LogP contribution in [0.3, 0.4) is 0 Å². The lowest BCUT2D eigenvalue weighted by molar-refractivity contribution is 0.0695. The first-order valence-corrected chi connectivity index (χ1v) is 8.38. The van der Waals surface area contributed by atoms with Crippen LogP contribution in [0, 0.1) is 5.92 Å². The summed E-state index contributed by atoms with van der Waals surface area (Å²) in [5, 5.41) is 13.9. The lowest BCUT2D eigenvalue weighted by Gasteiger charge is -2.32. The van der Waals surface area contributed by atoms with E-state index in [2.05, 4.69) is 41.0 Å². The molecule has 0 saturated heterocycles. The predicted octanol–water partition coefficient (Wildman–Crippen LogP) is 2.97. The molecule has 1 atom stereocenters. The Morgan fingerprint density at radius 1 is 1.22 bits per heavy atom. The van der Waals surface area contributed by atoms with E-state index < -0.39 is 0 Å². The molecule has 0 aliphatic heterocycles. The normalized spacial score (nSPS) is 16.2. The van der Waals surface area contributed by atoms with E-state index in [9.17, 15) is 5.11 Å². The van der Waals surface area contributed by atoms with Crippen molar-refractivity contribution < 1.29 is 9.63 Å². The van der Waals surface area contributed by atoms with Gasteiger partial charge in [-0.2, -0.15) is 4.98 Å². The molecule has 0 amide bonds. The Labute approximate surface area is 137 Å². The number of hydrogen-bond donors (Lipinski definition) is 1. The summed E-state index contributed by atoms with van der Waals surface area (Å²) in [7, 11) is 0. The quantitative estimate of drug-likeness (QED) is 0.811. The van der Waals surface area contributed by atoms with Gasteiger partial charge in [0, 0.05) is 18.5 Å². The molecule has 1 N–H and O–H groups in total. The number of benzene rings is 1. The van der Waals surface area contributed by atoms with E-state index in [1.54, 1.807) is 0 Å². The maximum absolute atomic E-state index is 9.82. The third-order valence-electron chi connectivity index (χ3n) is 4.42. The van der Waals surface area contributed by atoms with Gasteiger partial charge in [0.15, 0.2) is 5.82 Å². The van der Waals surface area contributed by atoms with Gasteiger partial charge in [-0.05, 0) is 24.3 Å². The first kappa shape index (κ1) is 16.1. The van der Waals surface area contributed by atoms with Crippen LogP contribution in [0.25, 0.3) is 0 Å². The Balaban J connectivity index is 1.75. The second-order valence-corrected chi connectivity index (χ2v) is 6.71. The maximum Gasteiger partial charge on any atom is 0.240 e. The number of aliphatic hydroxyl groups excluding tert-OH is 1. The van der Waals surface area contributed by atoms with Crippen LogP contribution >= 0.6 is 0 Å². The Morgan fingerprint density at radius 2 is 1.96 bits per heavy atom. The van der Waals surface area contributed by atoms with Crippen molar-refractivity contribution in [1.82, 2.24) is 15.0 Å². The van der Waals surface area contributed by atoms with Crippen LogP contribution in [-0.4, -0.2) is 32.8 Å². The van der Waals surface area contributed by atoms with Crippen LogP contribution in [0.1, 0.15) is 49.9 Å². The average Bonchev–Trinajstić information content (AvgIpc) is 3.29. The highest BCUT2D eigenvalue weighted by molar-refractivity contribution is 5.14. The lowest BCUT2D eigenvalue weighted by Crippen LogP contribution is -2.40. The van der Waals surface area contributed by atoms with E-state index in [-0.39, 0.29) is 12.6 Å². The SMILES string of the molecule is CC(C)C(CO)N(Cc1ccccc1)Cc1nc(C2CC2)no1. The molecule has 3 rings (SSSR count). The molecule has 5 heteroatoms. The summed E-state index contributed by atoms with van der Waals surface area (Å²) in [6, 6.07) is 10.4. The van der Waals surface area contributed by atoms with Crippen LogP contribution in [0.15, 0.2) is 34.9 Å². The van der Waals surface area contributed by atoms with Crippen LogP contribution < -0.4 is 0 Å². The first-order chi connectivity index (χ1) is 11.2. The zero-order valence-corrected chi connectivity index (χ0v) is 13.9. The molecule has 0 spiro atoms. The van der Waals surface area contributed by atoms with Crippen molar-refractivity contribution in [1.29, 1.82) is 0 Å². The number of hydrogen-bond acceptors (Lipinski definition) is 5. The van der Waals surface area contributed by atoms with Crippen molar-refractivity contribution in [3.8, 4) is 0 Å². The smallest absolute Gasteiger partial charge is 0.240 e. The highest BCUT2D eigenvalue weighted by Gasteiger charge is 2.30. The summed E-state index contributed by atoms with van der Waals surface area (Å²) in [5.41, 5.74) is 1.22. The van der Waals surface area contributed by atoms with Crippen molar-refractivity contribution >= 4 is 0 Å². The monoisotopic (exact) mass is 315 g/mol. The molecule has 1 unspecified atom stereocenters. The summed E-state index contributed by atoms with van der Waals surface area (Å²) in [5.74, 6) is 2.31. The molecule has 0 radical (unpaired) electrons. The fourth-order valence-electron chi connectivity index (χ4n) is 2.87. The molecule has 0 bridgehead atoms. The van der Waals surface area contributed by atoms with Crippen LogP contribution in [-0.2, 0) is 13.1 Å². The van der Waals surface area contributed by atoms with Gasteiger partial charge in [-0.25, -0.2) is 0 Å². The molecule has 1 aliphatic rings. The number of nitrogens with zero attached hydrogens (tertiary/aromatic N) is 3. The van der Waals surface area contributed by atoms with Crippen LogP contribution in [0.2, 0.25) is 0 Å². The molecule has 1 saturated carbocycles. The van der Waals surface area contributed by atoms with Gasteiger partial charge in [-0.1, -0.05) is 49.3 Å². The highest BCUT2D eigenvalue weighted by atomic mass is 16.5. The molecule has 1 aromatic heterocycles. The second-order valence-electron chi connectivity index (χ2n) is 6.71. The minimum atomic E-state index is 0.0616. The topological polar surface area (TPSA) is 62.4 Å². The molecule has 1 heterocycles. The lowest BCUT2D eigenvalue weighted by atomic mass is 10.0. The summed E-state index contributed by atoms with van der Waals surface area (Å²) in [6.07, 6.45) is 2.33. The van der Waals surface area contributed by atoms with Crippen LogP contribution in [0.5, 0.6) is 0 Å². The number of aliphatic hydroxyl groups is 1. The number of aromatic nitrogens is 2. The van der Waals surface area contributed by atoms with Crippen molar-refractivity contribution in [2.24, 2.45) is 5.92 Å². The molecule has 5 nitrogen and oxygen atoms in total. The zero-order chi connectivity index (χ0) is 16.2. The van der Waals surface area contributed by atoms with Gasteiger partial charge in [0.25, 0.3) is 0 Å². The summed E-state index contributed by atoms with van der Waals surface area (Å²) in [6.45, 7) is 5.70. The van der Waals surface area contributed by atoms with E-state index in [0.717, 1.165) is 25.2 Å². The third-order valence-corrected chi connectivity index (χ3v) is 4.42. The molecule has 1 fully saturated rings. The van der Waals surface area contributed by atoms with Gasteiger partial charge < -0.3 is 9.63 Å². The molecule has 1 aliphatic carbocycles. The van der Waals surface area contributed by atoms with E-state index in [1.165, 1.54) is 5.56 Å². The minimum Gasteiger partial charge on any atom is -0.395 e. The van der Waals surface area contributed by atoms with E-state index in [0.29, 0.717) is 24.3 Å². The fourth-order valence-corrected chi connectivity index (χ4v) is 2.87. The molecule has 23 heavy (non-hydrogen) atoms. The Bertz CT molecular complexity index is 608. The van der Waals surface area contributed by atoms with Gasteiger partial charge in [-0.15, -0.1) is 0 Å². The van der Waals surface area contributed by atoms with E-state index in [1.807, 2.05) is 18.2 Å². The zero-order valence-electron chi connectivity index (χ0n) is 13.9. The molecule has 1 aromatic carbocycles. The summed E-state index contributed by atoms with van der Waals surface area (Å²) >= 11 is 0. The van der Waals surface area contributed by atoms with Gasteiger partial charge in [-0.3, -0.25) is 4.90 Å². The van der Waals surface area contributed by atoms with Crippen molar-refractivity contribution in [2.75, 3.05) is 6.61 Å². The van der Waals surface area contributed by atoms with Crippen molar-refractivity contribution in [3.05, 3.63) is 47.6 Å². The Morgan fingerprint density at radius 3 is 2.57 bits per heavy atom. The summed E-state index contributed by atoms with van der Waals surface area (Å²) < 4.78 is 5.42. The van der Waals surface area contributed by atoms with Crippen molar-refractivity contribution in [2.45, 2.75) is 51.7 Å². The van der Waals surface area contributed by atoms with Gasteiger partial charge in [0.2, 0.25) is 5.89 Å².